The number of hydrogen-bond acceptors (Lipinski definition) is 6. The number of rotatable bonds is 9. The SMILES string of the molecule is CCOP(=O)(OCC)C(F)(F)c1sc2ccc(C(=O)NC(c3cccnc3)C(F)(F)F)cc2c1Br. The highest BCUT2D eigenvalue weighted by molar-refractivity contribution is 9.10. The largest absolute Gasteiger partial charge is 0.412 e. The highest BCUT2D eigenvalue weighted by Crippen LogP contribution is 2.69. The minimum atomic E-state index is -4.89. The number of benzene rings is 1. The Bertz CT molecular complexity index is 1250. The fourth-order valence-corrected chi connectivity index (χ4v) is 7.15. The van der Waals surface area contributed by atoms with Gasteiger partial charge in [-0.2, -0.15) is 22.0 Å². The zero-order valence-electron chi connectivity index (χ0n) is 18.2. The molecule has 0 aliphatic rings. The Balaban J connectivity index is 1.99. The molecule has 0 bridgehead atoms. The maximum Gasteiger partial charge on any atom is 0.412 e. The van der Waals surface area contributed by atoms with Crippen molar-refractivity contribution in [3.05, 3.63) is 63.2 Å². The molecule has 0 spiro atoms. The molecule has 0 saturated heterocycles. The molecule has 0 saturated carbocycles. The van der Waals surface area contributed by atoms with Crippen LogP contribution in [0.3, 0.4) is 0 Å². The molecule has 2 aromatic heterocycles. The minimum Gasteiger partial charge on any atom is -0.337 e. The van der Waals surface area contributed by atoms with Crippen molar-refractivity contribution >= 4 is 50.9 Å². The van der Waals surface area contributed by atoms with E-state index < -0.39 is 36.3 Å². The molecule has 1 atom stereocenters. The fourth-order valence-electron chi connectivity index (χ4n) is 3.18. The van der Waals surface area contributed by atoms with Crippen LogP contribution in [0.15, 0.2) is 47.2 Å². The predicted octanol–water partition coefficient (Wildman–Crippen LogP) is 7.41. The average Bonchev–Trinajstić information content (AvgIpc) is 3.14. The highest BCUT2D eigenvalue weighted by Gasteiger charge is 2.57. The normalized spacial score (nSPS) is 13.7. The van der Waals surface area contributed by atoms with Gasteiger partial charge in [-0.05, 0) is 54.0 Å². The zero-order valence-corrected chi connectivity index (χ0v) is 21.5. The van der Waals surface area contributed by atoms with Gasteiger partial charge in [0.15, 0.2) is 6.04 Å². The number of hydrogen-bond donors (Lipinski definition) is 1. The van der Waals surface area contributed by atoms with Crippen LogP contribution in [0.25, 0.3) is 10.1 Å². The summed E-state index contributed by atoms with van der Waals surface area (Å²) in [6.45, 7) is 2.23. The molecule has 14 heteroatoms. The van der Waals surface area contributed by atoms with Crippen LogP contribution < -0.4 is 5.32 Å². The van der Waals surface area contributed by atoms with Crippen LogP contribution in [-0.4, -0.2) is 30.3 Å². The van der Waals surface area contributed by atoms with E-state index >= 15 is 8.78 Å². The summed E-state index contributed by atoms with van der Waals surface area (Å²) < 4.78 is 93.9. The van der Waals surface area contributed by atoms with Crippen molar-refractivity contribution in [3.63, 3.8) is 0 Å². The summed E-state index contributed by atoms with van der Waals surface area (Å²) in [7, 11) is -4.89. The van der Waals surface area contributed by atoms with E-state index in [9.17, 15) is 22.5 Å². The molecule has 1 N–H and O–H groups in total. The number of amides is 1. The molecule has 3 aromatic rings. The second kappa shape index (κ2) is 10.6. The van der Waals surface area contributed by atoms with Crippen molar-refractivity contribution in [1.82, 2.24) is 10.3 Å². The van der Waals surface area contributed by atoms with E-state index in [-0.39, 0.29) is 38.9 Å². The van der Waals surface area contributed by atoms with E-state index in [1.807, 2.05) is 5.32 Å². The number of thiophene rings is 1. The number of alkyl halides is 5. The molecule has 6 nitrogen and oxygen atoms in total. The minimum absolute atomic E-state index is 0.127. The number of nitrogens with zero attached hydrogens (tertiary/aromatic N) is 1. The Morgan fingerprint density at radius 1 is 1.17 bits per heavy atom. The summed E-state index contributed by atoms with van der Waals surface area (Å²) in [5.41, 5.74) is -4.48. The van der Waals surface area contributed by atoms with Gasteiger partial charge in [0.25, 0.3) is 5.91 Å². The summed E-state index contributed by atoms with van der Waals surface area (Å²) in [5, 5.41) is 2.05. The highest BCUT2D eigenvalue weighted by atomic mass is 79.9. The van der Waals surface area contributed by atoms with Crippen molar-refractivity contribution in [2.75, 3.05) is 13.2 Å². The van der Waals surface area contributed by atoms with E-state index in [0.717, 1.165) is 6.20 Å². The predicted molar refractivity (Wildman–Crippen MR) is 125 cm³/mol. The van der Waals surface area contributed by atoms with Crippen molar-refractivity contribution in [3.8, 4) is 0 Å². The van der Waals surface area contributed by atoms with Crippen molar-refractivity contribution in [2.24, 2.45) is 0 Å². The Kier molecular flexibility index (Phi) is 8.37. The van der Waals surface area contributed by atoms with Crippen molar-refractivity contribution in [1.29, 1.82) is 0 Å². The molecule has 0 fully saturated rings. The van der Waals surface area contributed by atoms with E-state index in [2.05, 4.69) is 20.9 Å². The summed E-state index contributed by atoms with van der Waals surface area (Å²) in [5.74, 6) is -1.07. The Hall–Kier alpha value is -1.92. The molecule has 2 heterocycles. The van der Waals surface area contributed by atoms with E-state index in [1.165, 1.54) is 50.4 Å². The lowest BCUT2D eigenvalue weighted by Crippen LogP contribution is -2.38. The van der Waals surface area contributed by atoms with E-state index in [4.69, 9.17) is 9.05 Å². The van der Waals surface area contributed by atoms with Crippen LogP contribution in [0.4, 0.5) is 22.0 Å². The molecule has 1 amide bonds. The molecule has 190 valence electrons. The third-order valence-electron chi connectivity index (χ3n) is 4.73. The topological polar surface area (TPSA) is 77.5 Å². The van der Waals surface area contributed by atoms with Crippen molar-refractivity contribution in [2.45, 2.75) is 31.7 Å². The number of fused-ring (bicyclic) bond motifs is 1. The summed E-state index contributed by atoms with van der Waals surface area (Å²) in [6, 6.07) is 3.86. The van der Waals surface area contributed by atoms with Crippen LogP contribution in [0.2, 0.25) is 0 Å². The van der Waals surface area contributed by atoms with Crippen LogP contribution in [-0.2, 0) is 19.3 Å². The average molecular weight is 601 g/mol. The van der Waals surface area contributed by atoms with Crippen molar-refractivity contribution < 1.29 is 40.4 Å². The first-order valence-electron chi connectivity index (χ1n) is 10.1. The second-order valence-electron chi connectivity index (χ2n) is 7.06. The van der Waals surface area contributed by atoms with E-state index in [1.54, 1.807) is 0 Å². The van der Waals surface area contributed by atoms with Gasteiger partial charge in [-0.15, -0.1) is 11.3 Å². The van der Waals surface area contributed by atoms with Gasteiger partial charge in [-0.25, -0.2) is 0 Å². The molecule has 3 rings (SSSR count). The standard InChI is InChI=1S/C21H19BrF5N2O4PS/c1-3-32-34(31,33-4-2)21(26,27)18-16(22)14-10-12(7-8-15(14)35-18)19(30)29-17(20(23,24)25)13-6-5-9-28-11-13/h5-11,17H,3-4H2,1-2H3,(H,29,30). The lowest BCUT2D eigenvalue weighted by atomic mass is 10.1. The molecule has 1 unspecified atom stereocenters. The molecule has 35 heavy (non-hydrogen) atoms. The smallest absolute Gasteiger partial charge is 0.337 e. The van der Waals surface area contributed by atoms with Gasteiger partial charge < -0.3 is 14.4 Å². The van der Waals surface area contributed by atoms with Gasteiger partial charge in [-0.3, -0.25) is 14.3 Å². The lowest BCUT2D eigenvalue weighted by molar-refractivity contribution is -0.155. The maximum atomic E-state index is 15.3. The Morgan fingerprint density at radius 3 is 2.37 bits per heavy atom. The van der Waals surface area contributed by atoms with E-state index in [0.29, 0.717) is 11.3 Å². The number of carbonyl (C=O) groups excluding carboxylic acids is 1. The number of nitrogens with one attached hydrogen (secondary N) is 1. The summed E-state index contributed by atoms with van der Waals surface area (Å²) in [6.07, 6.45) is -2.52. The molecule has 0 aliphatic carbocycles. The first-order valence-corrected chi connectivity index (χ1v) is 13.3. The molecule has 0 aliphatic heterocycles. The second-order valence-corrected chi connectivity index (χ2v) is 11.0. The third kappa shape index (κ3) is 5.59. The van der Waals surface area contributed by atoms with Gasteiger partial charge in [0.2, 0.25) is 0 Å². The lowest BCUT2D eigenvalue weighted by Gasteiger charge is -2.25. The monoisotopic (exact) mass is 600 g/mol. The first kappa shape index (κ1) is 27.7. The molecular formula is C21H19BrF5N2O4PS. The van der Waals surface area contributed by atoms with Gasteiger partial charge in [0.05, 0.1) is 13.2 Å². The van der Waals surface area contributed by atoms with Crippen LogP contribution in [0.5, 0.6) is 0 Å². The fraction of sp³-hybridized carbons (Fsp3) is 0.333. The van der Waals surface area contributed by atoms with Crippen LogP contribution in [0, 0.1) is 0 Å². The Labute approximate surface area is 209 Å². The van der Waals surface area contributed by atoms with Gasteiger partial charge in [0.1, 0.15) is 4.88 Å². The molecular weight excluding hydrogens is 582 g/mol. The van der Waals surface area contributed by atoms with Gasteiger partial charge in [0, 0.05) is 38.1 Å². The zero-order chi connectivity index (χ0) is 26.0. The Morgan fingerprint density at radius 2 is 1.83 bits per heavy atom. The van der Waals surface area contributed by atoms with Gasteiger partial charge >= 0.3 is 19.4 Å². The first-order chi connectivity index (χ1) is 16.4. The van der Waals surface area contributed by atoms with Crippen LogP contribution in [0.1, 0.15) is 40.7 Å². The maximum absolute atomic E-state index is 15.3. The third-order valence-corrected chi connectivity index (χ3v) is 9.31. The van der Waals surface area contributed by atoms with Gasteiger partial charge in [-0.1, -0.05) is 6.07 Å². The van der Waals surface area contributed by atoms with Crippen LogP contribution >= 0.6 is 34.9 Å². The summed E-state index contributed by atoms with van der Waals surface area (Å²) in [4.78, 5) is 15.7. The summed E-state index contributed by atoms with van der Waals surface area (Å²) >= 11 is 3.66. The molecule has 0 radical (unpaired) electrons. The molecule has 1 aromatic carbocycles. The number of carbonyl (C=O) groups is 1. The number of pyridine rings is 1. The quantitative estimate of drug-likeness (QED) is 0.204. The number of halogens is 6. The number of aromatic nitrogens is 1.